The zero-order chi connectivity index (χ0) is 22.8. The molecule has 0 aliphatic carbocycles. The maximum Gasteiger partial charge on any atom is 0.373 e. The number of furan rings is 1. The molecule has 9 nitrogen and oxygen atoms in total. The van der Waals surface area contributed by atoms with Gasteiger partial charge in [0.05, 0.1) is 20.8 Å². The number of hydrogen-bond donors (Lipinski definition) is 1. The number of methoxy groups -OCH3 is 2. The van der Waals surface area contributed by atoms with Crippen molar-refractivity contribution in [2.24, 2.45) is 0 Å². The third kappa shape index (κ3) is 4.88. The van der Waals surface area contributed by atoms with Gasteiger partial charge >= 0.3 is 12.0 Å². The van der Waals surface area contributed by atoms with Crippen molar-refractivity contribution in [3.05, 3.63) is 53.1 Å². The quantitative estimate of drug-likeness (QED) is 0.427. The number of amides is 3. The highest BCUT2D eigenvalue weighted by molar-refractivity contribution is 6.14. The Balaban J connectivity index is 1.87. The van der Waals surface area contributed by atoms with Crippen molar-refractivity contribution in [3.63, 3.8) is 0 Å². The molecule has 3 rings (SSSR count). The first-order valence-corrected chi connectivity index (χ1v) is 9.50. The SMILES string of the molecule is COC(=O)c1ccc(CN2C(=O)N/C(=C\c3cccc(OC)c3OC(C)(C)C)C2=O)o1. The monoisotopic (exact) mass is 428 g/mol. The molecule has 3 amide bonds. The summed E-state index contributed by atoms with van der Waals surface area (Å²) in [6.07, 6.45) is 1.53. The standard InChI is InChI=1S/C22H24N2O7/c1-22(2,3)31-18-13(7-6-8-16(18)28-4)11-15-19(25)24(21(27)23-15)12-14-9-10-17(30-14)20(26)29-5/h6-11H,12H2,1-5H3,(H,23,27)/b15-11-. The Hall–Kier alpha value is -3.75. The molecule has 0 bridgehead atoms. The zero-order valence-corrected chi connectivity index (χ0v) is 18.0. The van der Waals surface area contributed by atoms with Gasteiger partial charge in [-0.25, -0.2) is 9.59 Å². The number of carbonyl (C=O) groups excluding carboxylic acids is 3. The van der Waals surface area contributed by atoms with Crippen molar-refractivity contribution in [1.29, 1.82) is 0 Å². The van der Waals surface area contributed by atoms with Gasteiger partial charge in [-0.1, -0.05) is 12.1 Å². The van der Waals surface area contributed by atoms with Crippen LogP contribution in [-0.4, -0.2) is 42.6 Å². The second kappa shape index (κ2) is 8.55. The largest absolute Gasteiger partial charge is 0.493 e. The molecule has 0 spiro atoms. The fourth-order valence-electron chi connectivity index (χ4n) is 2.92. The molecule has 9 heteroatoms. The van der Waals surface area contributed by atoms with Gasteiger partial charge in [0.15, 0.2) is 11.5 Å². The Labute approximate surface area is 179 Å². The third-order valence-corrected chi connectivity index (χ3v) is 4.26. The van der Waals surface area contributed by atoms with E-state index >= 15 is 0 Å². The van der Waals surface area contributed by atoms with Crippen LogP contribution in [0.15, 0.2) is 40.4 Å². The van der Waals surface area contributed by atoms with Crippen LogP contribution >= 0.6 is 0 Å². The van der Waals surface area contributed by atoms with E-state index in [0.29, 0.717) is 17.1 Å². The molecule has 0 saturated carbocycles. The van der Waals surface area contributed by atoms with Gasteiger partial charge in [-0.05, 0) is 45.0 Å². The number of esters is 1. The number of nitrogens with one attached hydrogen (secondary N) is 1. The minimum Gasteiger partial charge on any atom is -0.493 e. The van der Waals surface area contributed by atoms with Gasteiger partial charge in [0.25, 0.3) is 5.91 Å². The second-order valence-corrected chi connectivity index (χ2v) is 7.73. The number of rotatable bonds is 6. The molecule has 1 aromatic carbocycles. The zero-order valence-electron chi connectivity index (χ0n) is 18.0. The highest BCUT2D eigenvalue weighted by Gasteiger charge is 2.35. The highest BCUT2D eigenvalue weighted by Crippen LogP contribution is 2.35. The first-order valence-electron chi connectivity index (χ1n) is 9.50. The number of nitrogens with zero attached hydrogens (tertiary/aromatic N) is 1. The van der Waals surface area contributed by atoms with Crippen LogP contribution < -0.4 is 14.8 Å². The molecule has 164 valence electrons. The normalized spacial score (nSPS) is 15.3. The molecule has 0 radical (unpaired) electrons. The van der Waals surface area contributed by atoms with E-state index in [-0.39, 0.29) is 23.8 Å². The molecule has 2 heterocycles. The van der Waals surface area contributed by atoms with Crippen LogP contribution in [0.5, 0.6) is 11.5 Å². The molecule has 1 aromatic heterocycles. The molecule has 1 aliphatic rings. The van der Waals surface area contributed by atoms with Gasteiger partial charge < -0.3 is 23.9 Å². The predicted molar refractivity (Wildman–Crippen MR) is 110 cm³/mol. The molecule has 1 fully saturated rings. The minimum absolute atomic E-state index is 0.0133. The first kappa shape index (κ1) is 21.9. The molecular formula is C22H24N2O7. The van der Waals surface area contributed by atoms with Gasteiger partial charge in [0, 0.05) is 5.56 Å². The summed E-state index contributed by atoms with van der Waals surface area (Å²) in [5.74, 6) is 0.0334. The summed E-state index contributed by atoms with van der Waals surface area (Å²) < 4.78 is 21.3. The van der Waals surface area contributed by atoms with Gasteiger partial charge in [-0.3, -0.25) is 9.69 Å². The Morgan fingerprint density at radius 2 is 1.90 bits per heavy atom. The molecule has 1 N–H and O–H groups in total. The van der Waals surface area contributed by atoms with E-state index in [1.165, 1.54) is 32.4 Å². The van der Waals surface area contributed by atoms with Crippen LogP contribution in [0.2, 0.25) is 0 Å². The van der Waals surface area contributed by atoms with Crippen molar-refractivity contribution < 1.29 is 33.0 Å². The van der Waals surface area contributed by atoms with Crippen LogP contribution in [0.3, 0.4) is 0 Å². The molecule has 0 atom stereocenters. The van der Waals surface area contributed by atoms with E-state index in [9.17, 15) is 14.4 Å². The second-order valence-electron chi connectivity index (χ2n) is 7.73. The summed E-state index contributed by atoms with van der Waals surface area (Å²) >= 11 is 0. The lowest BCUT2D eigenvalue weighted by atomic mass is 10.1. The summed E-state index contributed by atoms with van der Waals surface area (Å²) in [5.41, 5.74) is 0.149. The Bertz CT molecular complexity index is 1050. The maximum atomic E-state index is 12.8. The molecule has 1 aliphatic heterocycles. The summed E-state index contributed by atoms with van der Waals surface area (Å²) in [5, 5.41) is 2.56. The number of carbonyl (C=O) groups is 3. The lowest BCUT2D eigenvalue weighted by molar-refractivity contribution is -0.123. The Morgan fingerprint density at radius 1 is 1.16 bits per heavy atom. The summed E-state index contributed by atoms with van der Waals surface area (Å²) in [7, 11) is 2.76. The highest BCUT2D eigenvalue weighted by atomic mass is 16.5. The lowest BCUT2D eigenvalue weighted by Crippen LogP contribution is -2.30. The van der Waals surface area contributed by atoms with Crippen molar-refractivity contribution >= 4 is 24.0 Å². The van der Waals surface area contributed by atoms with Gasteiger partial charge in [-0.2, -0.15) is 0 Å². The summed E-state index contributed by atoms with van der Waals surface area (Å²) in [6.45, 7) is 5.55. The Kier molecular flexibility index (Phi) is 6.05. The number of benzene rings is 1. The molecule has 2 aromatic rings. The van der Waals surface area contributed by atoms with Crippen LogP contribution in [0.1, 0.15) is 42.6 Å². The number of imide groups is 1. The lowest BCUT2D eigenvalue weighted by Gasteiger charge is -2.24. The van der Waals surface area contributed by atoms with Gasteiger partial charge in [-0.15, -0.1) is 0 Å². The van der Waals surface area contributed by atoms with E-state index in [1.54, 1.807) is 18.2 Å². The van der Waals surface area contributed by atoms with E-state index in [2.05, 4.69) is 10.1 Å². The van der Waals surface area contributed by atoms with E-state index in [4.69, 9.17) is 13.9 Å². The smallest absolute Gasteiger partial charge is 0.373 e. The van der Waals surface area contributed by atoms with Crippen LogP contribution in [0.25, 0.3) is 6.08 Å². The van der Waals surface area contributed by atoms with E-state index in [1.807, 2.05) is 20.8 Å². The summed E-state index contributed by atoms with van der Waals surface area (Å²) in [6, 6.07) is 7.59. The van der Waals surface area contributed by atoms with Crippen molar-refractivity contribution in [3.8, 4) is 11.5 Å². The van der Waals surface area contributed by atoms with Crippen LogP contribution in [0.4, 0.5) is 4.79 Å². The fraction of sp³-hybridized carbons (Fsp3) is 0.318. The number of urea groups is 1. The first-order chi connectivity index (χ1) is 14.6. The van der Waals surface area contributed by atoms with E-state index < -0.39 is 23.5 Å². The van der Waals surface area contributed by atoms with E-state index in [0.717, 1.165) is 4.90 Å². The van der Waals surface area contributed by atoms with Crippen molar-refractivity contribution in [2.75, 3.05) is 14.2 Å². The number of para-hydroxylation sites is 1. The van der Waals surface area contributed by atoms with Crippen molar-refractivity contribution in [2.45, 2.75) is 32.9 Å². The number of hydrogen-bond acceptors (Lipinski definition) is 7. The molecule has 0 unspecified atom stereocenters. The molecular weight excluding hydrogens is 404 g/mol. The molecule has 31 heavy (non-hydrogen) atoms. The minimum atomic E-state index is -0.645. The average molecular weight is 428 g/mol. The predicted octanol–water partition coefficient (Wildman–Crippen LogP) is 3.35. The van der Waals surface area contributed by atoms with Crippen LogP contribution in [-0.2, 0) is 16.1 Å². The Morgan fingerprint density at radius 3 is 2.55 bits per heavy atom. The third-order valence-electron chi connectivity index (χ3n) is 4.26. The van der Waals surface area contributed by atoms with Gasteiger partial charge in [0.2, 0.25) is 5.76 Å². The maximum absolute atomic E-state index is 12.8. The van der Waals surface area contributed by atoms with Crippen molar-refractivity contribution in [1.82, 2.24) is 10.2 Å². The number of ether oxygens (including phenoxy) is 3. The van der Waals surface area contributed by atoms with Gasteiger partial charge in [0.1, 0.15) is 17.1 Å². The summed E-state index contributed by atoms with van der Waals surface area (Å²) in [4.78, 5) is 37.7. The molecule has 1 saturated heterocycles. The fourth-order valence-corrected chi connectivity index (χ4v) is 2.92. The average Bonchev–Trinajstić information content (AvgIpc) is 3.28. The van der Waals surface area contributed by atoms with Crippen LogP contribution in [0, 0.1) is 0 Å². The topological polar surface area (TPSA) is 107 Å².